The third-order valence-corrected chi connectivity index (χ3v) is 8.80. The van der Waals surface area contributed by atoms with Crippen LogP contribution in [0.4, 0.5) is 0 Å². The fourth-order valence-electron chi connectivity index (χ4n) is 6.80. The molecule has 0 saturated carbocycles. The van der Waals surface area contributed by atoms with Crippen LogP contribution in [0.5, 0.6) is 0 Å². The highest BCUT2D eigenvalue weighted by Crippen LogP contribution is 2.41. The van der Waals surface area contributed by atoms with Crippen LogP contribution in [0.25, 0.3) is 44.2 Å². The maximum atomic E-state index is 9.35. The number of nitrogens with zero attached hydrogens (tertiary/aromatic N) is 6. The molecule has 0 spiro atoms. The molecular formula is C31H30N6. The van der Waals surface area contributed by atoms with Crippen molar-refractivity contribution >= 4 is 21.8 Å². The maximum absolute atomic E-state index is 9.35. The van der Waals surface area contributed by atoms with Crippen molar-refractivity contribution in [2.75, 3.05) is 7.05 Å². The van der Waals surface area contributed by atoms with Gasteiger partial charge in [-0.15, -0.1) is 0 Å². The average Bonchev–Trinajstić information content (AvgIpc) is 3.55. The monoisotopic (exact) mass is 486 g/mol. The molecule has 7 rings (SSSR count). The number of hydrogen-bond donors (Lipinski definition) is 0. The van der Waals surface area contributed by atoms with Crippen LogP contribution in [-0.4, -0.2) is 43.4 Å². The fraction of sp³-hybridized carbons (Fsp3) is 0.323. The molecule has 3 aromatic heterocycles. The summed E-state index contributed by atoms with van der Waals surface area (Å²) in [5, 5.41) is 16.1. The molecule has 0 amide bonds. The molecule has 0 radical (unpaired) electrons. The molecule has 5 aromatic rings. The number of nitriles is 1. The van der Waals surface area contributed by atoms with Crippen LogP contribution in [0, 0.1) is 17.2 Å². The van der Waals surface area contributed by atoms with Gasteiger partial charge in [0.1, 0.15) is 0 Å². The number of aryl methyl sites for hydroxylation is 1. The minimum Gasteiger partial charge on any atom is -0.346 e. The zero-order valence-corrected chi connectivity index (χ0v) is 21.3. The second kappa shape index (κ2) is 8.57. The number of aromatic nitrogens is 4. The van der Waals surface area contributed by atoms with E-state index in [1.165, 1.54) is 36.6 Å². The van der Waals surface area contributed by atoms with Crippen molar-refractivity contribution < 1.29 is 0 Å². The van der Waals surface area contributed by atoms with Crippen molar-refractivity contribution in [3.8, 4) is 28.5 Å². The topological polar surface area (TPSA) is 62.7 Å². The molecule has 2 aliphatic heterocycles. The first-order valence-electron chi connectivity index (χ1n) is 13.2. The van der Waals surface area contributed by atoms with E-state index < -0.39 is 0 Å². The summed E-state index contributed by atoms with van der Waals surface area (Å²) in [7, 11) is 4.27. The third kappa shape index (κ3) is 3.65. The van der Waals surface area contributed by atoms with Gasteiger partial charge < -0.3 is 9.47 Å². The lowest BCUT2D eigenvalue weighted by atomic mass is 9.91. The standard InChI is InChI=1S/C31H30N6/c1-35-25-8-9-26(35)14-21(13-25)19-37-12-11-27-29(37)18-33-31(30(27)22-5-3-20(16-32)4-6-22)23-7-10-28-24(15-23)17-34-36(28)2/h3-7,10-12,15,17-18,21,25-26H,8-9,13-14,19H2,1-2H3/t21?,25-,26+. The first-order valence-corrected chi connectivity index (χ1v) is 13.2. The number of pyridine rings is 1. The highest BCUT2D eigenvalue weighted by Gasteiger charge is 2.38. The minimum absolute atomic E-state index is 0.664. The molecule has 3 atom stereocenters. The van der Waals surface area contributed by atoms with Gasteiger partial charge in [-0.05, 0) is 74.5 Å². The molecule has 1 unspecified atom stereocenters. The Bertz CT molecular complexity index is 1650. The molecule has 6 heteroatoms. The average molecular weight is 487 g/mol. The van der Waals surface area contributed by atoms with Crippen molar-refractivity contribution in [1.82, 2.24) is 24.2 Å². The van der Waals surface area contributed by atoms with Gasteiger partial charge in [0.2, 0.25) is 0 Å². The third-order valence-electron chi connectivity index (χ3n) is 8.80. The van der Waals surface area contributed by atoms with E-state index in [-0.39, 0.29) is 0 Å². The molecule has 2 aromatic carbocycles. The second-order valence-electron chi connectivity index (χ2n) is 10.9. The van der Waals surface area contributed by atoms with Gasteiger partial charge in [-0.3, -0.25) is 9.67 Å². The van der Waals surface area contributed by atoms with Crippen LogP contribution < -0.4 is 0 Å². The second-order valence-corrected chi connectivity index (χ2v) is 10.9. The van der Waals surface area contributed by atoms with Crippen molar-refractivity contribution in [2.45, 2.75) is 44.3 Å². The highest BCUT2D eigenvalue weighted by atomic mass is 15.2. The summed E-state index contributed by atoms with van der Waals surface area (Å²) in [5.41, 5.74) is 7.16. The van der Waals surface area contributed by atoms with Crippen LogP contribution in [-0.2, 0) is 13.6 Å². The summed E-state index contributed by atoms with van der Waals surface area (Å²) >= 11 is 0. The van der Waals surface area contributed by atoms with Gasteiger partial charge in [-0.2, -0.15) is 10.4 Å². The number of fused-ring (bicyclic) bond motifs is 4. The molecule has 37 heavy (non-hydrogen) atoms. The predicted molar refractivity (Wildman–Crippen MR) is 147 cm³/mol. The fourth-order valence-corrected chi connectivity index (χ4v) is 6.80. The molecule has 6 nitrogen and oxygen atoms in total. The normalized spacial score (nSPS) is 21.6. The molecule has 0 aliphatic carbocycles. The highest BCUT2D eigenvalue weighted by molar-refractivity contribution is 6.02. The van der Waals surface area contributed by atoms with Crippen LogP contribution >= 0.6 is 0 Å². The Balaban J connectivity index is 1.34. The molecule has 2 bridgehead atoms. The van der Waals surface area contributed by atoms with E-state index in [0.29, 0.717) is 11.5 Å². The molecular weight excluding hydrogens is 456 g/mol. The smallest absolute Gasteiger partial charge is 0.0991 e. The summed E-state index contributed by atoms with van der Waals surface area (Å²) < 4.78 is 4.31. The van der Waals surface area contributed by atoms with Gasteiger partial charge in [-0.1, -0.05) is 18.2 Å². The van der Waals surface area contributed by atoms with Crippen LogP contribution in [0.1, 0.15) is 31.2 Å². The number of piperidine rings is 1. The number of rotatable bonds is 4. The van der Waals surface area contributed by atoms with E-state index in [1.54, 1.807) is 0 Å². The van der Waals surface area contributed by atoms with Gasteiger partial charge in [0.25, 0.3) is 0 Å². The first-order chi connectivity index (χ1) is 18.1. The van der Waals surface area contributed by atoms with Gasteiger partial charge in [0, 0.05) is 53.8 Å². The van der Waals surface area contributed by atoms with Gasteiger partial charge in [0.05, 0.1) is 40.8 Å². The van der Waals surface area contributed by atoms with Crippen LogP contribution in [0.3, 0.4) is 0 Å². The van der Waals surface area contributed by atoms with Crippen LogP contribution in [0.15, 0.2) is 67.1 Å². The molecule has 0 N–H and O–H groups in total. The zero-order chi connectivity index (χ0) is 25.1. The Hall–Kier alpha value is -3.95. The van der Waals surface area contributed by atoms with Crippen molar-refractivity contribution in [3.63, 3.8) is 0 Å². The van der Waals surface area contributed by atoms with Gasteiger partial charge in [0.15, 0.2) is 0 Å². The Morgan fingerprint density at radius 1 is 0.919 bits per heavy atom. The van der Waals surface area contributed by atoms with Crippen molar-refractivity contribution in [3.05, 3.63) is 72.7 Å². The summed E-state index contributed by atoms with van der Waals surface area (Å²) in [4.78, 5) is 7.68. The number of hydrogen-bond acceptors (Lipinski definition) is 4. The first kappa shape index (κ1) is 22.3. The van der Waals surface area contributed by atoms with E-state index in [4.69, 9.17) is 4.98 Å². The Labute approximate surface area is 216 Å². The predicted octanol–water partition coefficient (Wildman–Crippen LogP) is 6.00. The summed E-state index contributed by atoms with van der Waals surface area (Å²) in [6.07, 6.45) is 11.5. The van der Waals surface area contributed by atoms with Gasteiger partial charge in [-0.25, -0.2) is 0 Å². The summed E-state index contributed by atoms with van der Waals surface area (Å²) in [5.74, 6) is 0.704. The van der Waals surface area contributed by atoms with E-state index in [1.807, 2.05) is 42.2 Å². The largest absolute Gasteiger partial charge is 0.346 e. The van der Waals surface area contributed by atoms with E-state index >= 15 is 0 Å². The van der Waals surface area contributed by atoms with Crippen LogP contribution in [0.2, 0.25) is 0 Å². The quantitative estimate of drug-likeness (QED) is 0.312. The molecule has 2 saturated heterocycles. The SMILES string of the molecule is CN1[C@@H]2CC[C@H]1CC(Cn1ccc3c(-c4ccc(C#N)cc4)c(-c4ccc5c(cnn5C)c4)ncc31)C2. The summed E-state index contributed by atoms with van der Waals surface area (Å²) in [6.45, 7) is 1.04. The van der Waals surface area contributed by atoms with E-state index in [2.05, 4.69) is 64.3 Å². The van der Waals surface area contributed by atoms with E-state index in [0.717, 1.165) is 51.9 Å². The van der Waals surface area contributed by atoms with E-state index in [9.17, 15) is 5.26 Å². The maximum Gasteiger partial charge on any atom is 0.0991 e. The molecule has 5 heterocycles. The Kier molecular flexibility index (Phi) is 5.16. The zero-order valence-electron chi connectivity index (χ0n) is 21.3. The van der Waals surface area contributed by atoms with Crippen molar-refractivity contribution in [2.24, 2.45) is 13.0 Å². The van der Waals surface area contributed by atoms with Gasteiger partial charge >= 0.3 is 0 Å². The van der Waals surface area contributed by atoms with Crippen molar-refractivity contribution in [1.29, 1.82) is 5.26 Å². The summed E-state index contributed by atoms with van der Waals surface area (Å²) in [6, 6.07) is 20.3. The number of benzene rings is 2. The molecule has 2 fully saturated rings. The molecule has 2 aliphatic rings. The Morgan fingerprint density at radius 3 is 2.43 bits per heavy atom. The lowest BCUT2D eigenvalue weighted by molar-refractivity contribution is 0.126. The minimum atomic E-state index is 0.664. The molecule has 184 valence electrons. The lowest BCUT2D eigenvalue weighted by Gasteiger charge is -2.36. The Morgan fingerprint density at radius 2 is 1.68 bits per heavy atom. The lowest BCUT2D eigenvalue weighted by Crippen LogP contribution is -2.40.